The molecule has 1 aromatic carbocycles. The van der Waals surface area contributed by atoms with Gasteiger partial charge in [0.25, 0.3) is 0 Å². The molecule has 202 valence electrons. The van der Waals surface area contributed by atoms with Gasteiger partial charge in [-0.3, -0.25) is 19.5 Å². The predicted octanol–water partition coefficient (Wildman–Crippen LogP) is 3.00. The van der Waals surface area contributed by atoms with E-state index in [1.807, 2.05) is 38.1 Å². The number of hydrogen-bond donors (Lipinski definition) is 3. The number of para-hydroxylation sites is 1. The Bertz CT molecular complexity index is 1300. The Morgan fingerprint density at radius 1 is 1.32 bits per heavy atom. The fourth-order valence-corrected chi connectivity index (χ4v) is 5.62. The van der Waals surface area contributed by atoms with Crippen molar-refractivity contribution in [1.82, 2.24) is 15.2 Å². The van der Waals surface area contributed by atoms with E-state index >= 15 is 0 Å². The Kier molecular flexibility index (Phi) is 6.41. The molecule has 0 unspecified atom stereocenters. The Hall–Kier alpha value is -3.53. The van der Waals surface area contributed by atoms with Crippen molar-refractivity contribution in [2.24, 2.45) is 22.6 Å². The van der Waals surface area contributed by atoms with Crippen molar-refractivity contribution in [1.29, 1.82) is 0 Å². The van der Waals surface area contributed by atoms with Crippen LogP contribution in [0.5, 0.6) is 5.75 Å². The van der Waals surface area contributed by atoms with Crippen LogP contribution in [-0.4, -0.2) is 50.0 Å². The lowest BCUT2D eigenvalue weighted by Gasteiger charge is -2.42. The molecule has 10 heteroatoms. The first-order valence-electron chi connectivity index (χ1n) is 13.0. The number of aliphatic hydroxyl groups excluding tert-OH is 1. The molecular formula is C28H34FN5O4. The van der Waals surface area contributed by atoms with Crippen molar-refractivity contribution in [3.63, 3.8) is 0 Å². The molecule has 1 aliphatic carbocycles. The van der Waals surface area contributed by atoms with Crippen LogP contribution < -0.4 is 15.8 Å². The molecular weight excluding hydrogens is 489 g/mol. The molecule has 0 bridgehead atoms. The van der Waals surface area contributed by atoms with Crippen LogP contribution in [0.15, 0.2) is 47.7 Å². The summed E-state index contributed by atoms with van der Waals surface area (Å²) in [7, 11) is 0. The number of ether oxygens (including phenoxy) is 1. The zero-order valence-electron chi connectivity index (χ0n) is 22.0. The molecule has 5 rings (SSSR count). The molecule has 6 atom stereocenters. The number of carbonyl (C=O) groups is 2. The van der Waals surface area contributed by atoms with E-state index in [1.54, 1.807) is 13.8 Å². The van der Waals surface area contributed by atoms with Crippen LogP contribution in [0.2, 0.25) is 0 Å². The average Bonchev–Trinajstić information content (AvgIpc) is 3.64. The monoisotopic (exact) mass is 523 g/mol. The minimum Gasteiger partial charge on any atom is -0.485 e. The quantitative estimate of drug-likeness (QED) is 0.534. The molecule has 0 spiro atoms. The van der Waals surface area contributed by atoms with E-state index in [0.717, 1.165) is 6.20 Å². The van der Waals surface area contributed by atoms with E-state index in [2.05, 4.69) is 15.3 Å². The van der Waals surface area contributed by atoms with Gasteiger partial charge in [-0.2, -0.15) is 0 Å². The maximum atomic E-state index is 14.2. The van der Waals surface area contributed by atoms with E-state index in [1.165, 1.54) is 17.2 Å². The van der Waals surface area contributed by atoms with E-state index in [-0.39, 0.29) is 30.1 Å². The minimum atomic E-state index is -0.986. The highest BCUT2D eigenvalue weighted by molar-refractivity contribution is 5.99. The summed E-state index contributed by atoms with van der Waals surface area (Å²) in [5.74, 6) is -1.18. The summed E-state index contributed by atoms with van der Waals surface area (Å²) in [4.78, 5) is 36.9. The van der Waals surface area contributed by atoms with Gasteiger partial charge in [-0.1, -0.05) is 25.1 Å². The maximum Gasteiger partial charge on any atom is 0.232 e. The highest BCUT2D eigenvalue weighted by Crippen LogP contribution is 2.52. The summed E-state index contributed by atoms with van der Waals surface area (Å²) in [5, 5.41) is 14.1. The van der Waals surface area contributed by atoms with Crippen molar-refractivity contribution in [2.45, 2.75) is 76.3 Å². The van der Waals surface area contributed by atoms with E-state index in [0.29, 0.717) is 29.7 Å². The van der Waals surface area contributed by atoms with Crippen molar-refractivity contribution in [3.05, 3.63) is 59.7 Å². The summed E-state index contributed by atoms with van der Waals surface area (Å²) in [6, 6.07) is 7.24. The number of fused-ring (bicyclic) bond motifs is 1. The summed E-state index contributed by atoms with van der Waals surface area (Å²) in [5.41, 5.74) is 5.95. The van der Waals surface area contributed by atoms with Crippen molar-refractivity contribution in [2.75, 3.05) is 0 Å². The van der Waals surface area contributed by atoms with Crippen molar-refractivity contribution >= 4 is 17.8 Å². The van der Waals surface area contributed by atoms with Gasteiger partial charge in [-0.15, -0.1) is 0 Å². The number of aromatic nitrogens is 1. The number of amides is 2. The SMILES string of the molecule is CC[C@]1(C)CC(=O)N([C@H](c2cncc(F)c2)[C@@H]2C[C@H]2C(=O)N[C@@H]2c3ccccc3OC(C)(C)[C@H]2O)C(N)=N1. The smallest absolute Gasteiger partial charge is 0.232 e. The Morgan fingerprint density at radius 2 is 2.05 bits per heavy atom. The van der Waals surface area contributed by atoms with Crippen LogP contribution in [0.4, 0.5) is 4.39 Å². The van der Waals surface area contributed by atoms with Gasteiger partial charge >= 0.3 is 0 Å². The molecule has 2 aromatic rings. The standard InChI is InChI=1S/C28H34FN5O4/c1-5-28(4)12-21(35)34(26(30)33-28)23(15-10-16(29)14-31-13-15)18-11-19(18)25(37)32-22-17-8-6-7-9-20(17)38-27(2,3)24(22)36/h6-10,13-14,18-19,22-24,36H,5,11-12H2,1-4H3,(H2,30,33)(H,32,37)/t18-,19-,22-,23-,24+,28-/m1/s1. The molecule has 0 saturated heterocycles. The molecule has 3 aliphatic rings. The lowest BCUT2D eigenvalue weighted by molar-refractivity contribution is -0.133. The molecule has 0 radical (unpaired) electrons. The van der Waals surface area contributed by atoms with Gasteiger partial charge in [0.1, 0.15) is 23.3 Å². The number of rotatable bonds is 6. The Morgan fingerprint density at radius 3 is 2.74 bits per heavy atom. The second kappa shape index (κ2) is 9.34. The van der Waals surface area contributed by atoms with Gasteiger partial charge in [0, 0.05) is 17.7 Å². The number of aliphatic imine (C=N–C) groups is 1. The topological polar surface area (TPSA) is 130 Å². The highest BCUT2D eigenvalue weighted by atomic mass is 19.1. The second-order valence-corrected chi connectivity index (χ2v) is 11.3. The zero-order valence-corrected chi connectivity index (χ0v) is 22.0. The van der Waals surface area contributed by atoms with Crippen LogP contribution in [0, 0.1) is 17.7 Å². The van der Waals surface area contributed by atoms with Crippen molar-refractivity contribution in [3.8, 4) is 5.75 Å². The lowest BCUT2D eigenvalue weighted by atomic mass is 9.86. The number of halogens is 1. The van der Waals surface area contributed by atoms with Gasteiger partial charge in [0.05, 0.1) is 30.2 Å². The van der Waals surface area contributed by atoms with E-state index in [4.69, 9.17) is 10.5 Å². The first kappa shape index (κ1) is 26.1. The molecule has 4 N–H and O–H groups in total. The molecule has 1 fully saturated rings. The molecule has 9 nitrogen and oxygen atoms in total. The normalized spacial score (nSPS) is 30.5. The number of nitrogens with two attached hydrogens (primary N) is 1. The summed E-state index contributed by atoms with van der Waals surface area (Å²) in [6.07, 6.45) is 2.86. The first-order chi connectivity index (χ1) is 17.9. The van der Waals surface area contributed by atoms with Crippen LogP contribution in [0.3, 0.4) is 0 Å². The third-order valence-corrected chi connectivity index (χ3v) is 8.07. The fourth-order valence-electron chi connectivity index (χ4n) is 5.62. The number of nitrogens with one attached hydrogen (secondary N) is 1. The second-order valence-electron chi connectivity index (χ2n) is 11.3. The zero-order chi connectivity index (χ0) is 27.4. The maximum absolute atomic E-state index is 14.2. The van der Waals surface area contributed by atoms with Gasteiger partial charge in [-0.05, 0) is 57.2 Å². The lowest BCUT2D eigenvalue weighted by Crippen LogP contribution is -2.54. The number of hydrogen-bond acceptors (Lipinski definition) is 7. The van der Waals surface area contributed by atoms with Gasteiger partial charge in [0.2, 0.25) is 11.8 Å². The van der Waals surface area contributed by atoms with Gasteiger partial charge in [-0.25, -0.2) is 9.38 Å². The number of benzene rings is 1. The van der Waals surface area contributed by atoms with Crippen LogP contribution in [0.25, 0.3) is 0 Å². The number of pyridine rings is 1. The summed E-state index contributed by atoms with van der Waals surface area (Å²) >= 11 is 0. The van der Waals surface area contributed by atoms with Gasteiger partial charge < -0.3 is 20.9 Å². The molecule has 2 amide bonds. The summed E-state index contributed by atoms with van der Waals surface area (Å²) in [6.45, 7) is 7.36. The third kappa shape index (κ3) is 4.62. The average molecular weight is 524 g/mol. The molecule has 1 aromatic heterocycles. The predicted molar refractivity (Wildman–Crippen MR) is 138 cm³/mol. The minimum absolute atomic E-state index is 0.0569. The Balaban J connectivity index is 1.43. The number of carbonyl (C=O) groups excluding carboxylic acids is 2. The molecule has 3 heterocycles. The highest BCUT2D eigenvalue weighted by Gasteiger charge is 2.54. The molecule has 2 aliphatic heterocycles. The van der Waals surface area contributed by atoms with Gasteiger partial charge in [0.15, 0.2) is 5.96 Å². The molecule has 38 heavy (non-hydrogen) atoms. The summed E-state index contributed by atoms with van der Waals surface area (Å²) < 4.78 is 20.2. The van der Waals surface area contributed by atoms with Crippen molar-refractivity contribution < 1.29 is 23.8 Å². The van der Waals surface area contributed by atoms with Crippen LogP contribution in [-0.2, 0) is 9.59 Å². The first-order valence-corrected chi connectivity index (χ1v) is 13.0. The van der Waals surface area contributed by atoms with Crippen LogP contribution >= 0.6 is 0 Å². The number of guanidine groups is 1. The van der Waals surface area contributed by atoms with E-state index in [9.17, 15) is 19.1 Å². The van der Waals surface area contributed by atoms with E-state index < -0.39 is 41.1 Å². The van der Waals surface area contributed by atoms with Crippen LogP contribution in [0.1, 0.15) is 70.2 Å². The largest absolute Gasteiger partial charge is 0.485 e. The Labute approximate surface area is 221 Å². The fraction of sp³-hybridized carbons (Fsp3) is 0.500. The number of nitrogens with zero attached hydrogens (tertiary/aromatic N) is 3. The third-order valence-electron chi connectivity index (χ3n) is 8.07. The number of aliphatic hydroxyl groups is 1. The molecule has 1 saturated carbocycles.